The zero-order valence-electron chi connectivity index (χ0n) is 14.8. The van der Waals surface area contributed by atoms with Crippen molar-refractivity contribution in [1.29, 1.82) is 0 Å². The Hall–Kier alpha value is -2.89. The van der Waals surface area contributed by atoms with E-state index in [0.717, 1.165) is 24.3 Å². The smallest absolute Gasteiger partial charge is 0.338 e. The van der Waals surface area contributed by atoms with E-state index < -0.39 is 40.1 Å². The lowest BCUT2D eigenvalue weighted by Gasteiger charge is -2.14. The van der Waals surface area contributed by atoms with Crippen LogP contribution in [0, 0.1) is 11.6 Å². The van der Waals surface area contributed by atoms with Gasteiger partial charge in [-0.25, -0.2) is 22.0 Å². The van der Waals surface area contributed by atoms with Crippen molar-refractivity contribution in [2.75, 3.05) is 26.1 Å². The number of ether oxygens (including phenoxy) is 1. The highest BCUT2D eigenvalue weighted by atomic mass is 32.2. The molecule has 1 amide bonds. The number of benzene rings is 2. The van der Waals surface area contributed by atoms with Gasteiger partial charge in [0, 0.05) is 18.8 Å². The van der Waals surface area contributed by atoms with Crippen LogP contribution in [0.5, 0.6) is 0 Å². The van der Waals surface area contributed by atoms with Crippen LogP contribution in [-0.4, -0.2) is 45.5 Å². The minimum absolute atomic E-state index is 0.0179. The fourth-order valence-electron chi connectivity index (χ4n) is 2.02. The van der Waals surface area contributed by atoms with Crippen molar-refractivity contribution >= 4 is 27.6 Å². The summed E-state index contributed by atoms with van der Waals surface area (Å²) < 4.78 is 55.8. The summed E-state index contributed by atoms with van der Waals surface area (Å²) in [5.41, 5.74) is -0.123. The normalized spacial score (nSPS) is 11.3. The van der Waals surface area contributed by atoms with Gasteiger partial charge >= 0.3 is 5.97 Å². The van der Waals surface area contributed by atoms with E-state index in [1.807, 2.05) is 0 Å². The van der Waals surface area contributed by atoms with Crippen molar-refractivity contribution in [1.82, 2.24) is 4.47 Å². The van der Waals surface area contributed by atoms with Gasteiger partial charge in [0.25, 0.3) is 15.9 Å². The molecule has 2 rings (SSSR count). The van der Waals surface area contributed by atoms with E-state index >= 15 is 0 Å². The molecule has 0 atom stereocenters. The highest BCUT2D eigenvalue weighted by Gasteiger charge is 2.22. The summed E-state index contributed by atoms with van der Waals surface area (Å²) in [6.45, 7) is -0.715. The van der Waals surface area contributed by atoms with Gasteiger partial charge in [-0.3, -0.25) is 9.63 Å². The molecule has 0 spiro atoms. The Morgan fingerprint density at radius 3 is 2.46 bits per heavy atom. The molecule has 2 aromatic rings. The summed E-state index contributed by atoms with van der Waals surface area (Å²) in [5, 5.41) is 2.23. The highest BCUT2D eigenvalue weighted by molar-refractivity contribution is 7.89. The second-order valence-corrected chi connectivity index (χ2v) is 7.31. The molecule has 0 bridgehead atoms. The molecular formula is C17H16F2N2O6S. The van der Waals surface area contributed by atoms with Gasteiger partial charge in [-0.2, -0.15) is 0 Å². The third kappa shape index (κ3) is 5.09. The maximum absolute atomic E-state index is 13.1. The molecule has 0 saturated carbocycles. The number of amides is 1. The van der Waals surface area contributed by atoms with Crippen LogP contribution in [-0.2, 0) is 24.4 Å². The molecule has 0 aromatic heterocycles. The average Bonchev–Trinajstić information content (AvgIpc) is 2.68. The van der Waals surface area contributed by atoms with Gasteiger partial charge in [0.1, 0.15) is 0 Å². The molecule has 0 aliphatic heterocycles. The van der Waals surface area contributed by atoms with Gasteiger partial charge in [0.05, 0.1) is 17.6 Å². The highest BCUT2D eigenvalue weighted by Crippen LogP contribution is 2.17. The minimum Gasteiger partial charge on any atom is -0.452 e. The minimum atomic E-state index is -3.97. The SMILES string of the molecule is CON(C)S(=O)(=O)c1cccc(C(=O)OCC(=O)Nc2ccc(F)c(F)c2)c1. The molecule has 0 unspecified atom stereocenters. The number of anilines is 1. The molecule has 150 valence electrons. The number of sulfonamides is 1. The number of nitrogens with one attached hydrogen (secondary N) is 1. The molecule has 0 radical (unpaired) electrons. The topological polar surface area (TPSA) is 102 Å². The molecule has 1 N–H and O–H groups in total. The molecule has 0 aliphatic carbocycles. The molecule has 28 heavy (non-hydrogen) atoms. The number of hydrogen-bond acceptors (Lipinski definition) is 6. The standard InChI is InChI=1S/C17H16F2N2O6S/c1-21(26-2)28(24,25)13-5-3-4-11(8-13)17(23)27-10-16(22)20-12-6-7-14(18)15(19)9-12/h3-9H,10H2,1-2H3,(H,20,22). The molecule has 0 fully saturated rings. The number of hydroxylamine groups is 1. The van der Waals surface area contributed by atoms with Crippen LogP contribution in [0.1, 0.15) is 10.4 Å². The first kappa shape index (κ1) is 21.4. The summed E-state index contributed by atoms with van der Waals surface area (Å²) in [7, 11) is -1.62. The lowest BCUT2D eigenvalue weighted by molar-refractivity contribution is -0.119. The predicted molar refractivity (Wildman–Crippen MR) is 93.7 cm³/mol. The zero-order chi connectivity index (χ0) is 20.9. The van der Waals surface area contributed by atoms with Gasteiger partial charge in [-0.05, 0) is 30.3 Å². The van der Waals surface area contributed by atoms with Crippen LogP contribution in [0.15, 0.2) is 47.4 Å². The van der Waals surface area contributed by atoms with Gasteiger partial charge in [-0.15, -0.1) is 0 Å². The Morgan fingerprint density at radius 2 is 1.82 bits per heavy atom. The second kappa shape index (κ2) is 8.87. The Labute approximate surface area is 159 Å². The Balaban J connectivity index is 2.02. The van der Waals surface area contributed by atoms with E-state index in [4.69, 9.17) is 4.74 Å². The summed E-state index contributed by atoms with van der Waals surface area (Å²) >= 11 is 0. The molecule has 0 aliphatic rings. The molecule has 0 heterocycles. The van der Waals surface area contributed by atoms with Gasteiger partial charge in [-0.1, -0.05) is 10.5 Å². The average molecular weight is 414 g/mol. The predicted octanol–water partition coefficient (Wildman–Crippen LogP) is 1.94. The molecule has 11 heteroatoms. The van der Waals surface area contributed by atoms with Crippen LogP contribution in [0.4, 0.5) is 14.5 Å². The van der Waals surface area contributed by atoms with Crippen LogP contribution in [0.25, 0.3) is 0 Å². The van der Waals surface area contributed by atoms with Crippen molar-refractivity contribution in [2.45, 2.75) is 4.90 Å². The first-order valence-corrected chi connectivity index (χ1v) is 9.14. The van der Waals surface area contributed by atoms with Crippen LogP contribution < -0.4 is 5.32 Å². The van der Waals surface area contributed by atoms with Crippen molar-refractivity contribution in [3.05, 3.63) is 59.7 Å². The van der Waals surface area contributed by atoms with E-state index in [9.17, 15) is 26.8 Å². The van der Waals surface area contributed by atoms with Crippen LogP contribution >= 0.6 is 0 Å². The first-order chi connectivity index (χ1) is 13.1. The Kier molecular flexibility index (Phi) is 6.78. The number of esters is 1. The third-order valence-electron chi connectivity index (χ3n) is 3.50. The van der Waals surface area contributed by atoms with Crippen molar-refractivity contribution < 1.29 is 36.4 Å². The van der Waals surface area contributed by atoms with E-state index in [0.29, 0.717) is 4.47 Å². The number of carbonyl (C=O) groups excluding carboxylic acids is 2. The summed E-state index contributed by atoms with van der Waals surface area (Å²) in [6.07, 6.45) is 0. The summed E-state index contributed by atoms with van der Waals surface area (Å²) in [6, 6.07) is 7.71. The van der Waals surface area contributed by atoms with Crippen LogP contribution in [0.2, 0.25) is 0 Å². The fourth-order valence-corrected chi connectivity index (χ4v) is 3.04. The van der Waals surface area contributed by atoms with E-state index in [1.165, 1.54) is 32.4 Å². The maximum Gasteiger partial charge on any atom is 0.338 e. The van der Waals surface area contributed by atoms with Crippen molar-refractivity contribution in [3.8, 4) is 0 Å². The lowest BCUT2D eigenvalue weighted by atomic mass is 10.2. The Morgan fingerprint density at radius 1 is 1.11 bits per heavy atom. The largest absolute Gasteiger partial charge is 0.452 e. The molecule has 2 aromatic carbocycles. The van der Waals surface area contributed by atoms with E-state index in [2.05, 4.69) is 10.2 Å². The number of rotatable bonds is 7. The van der Waals surface area contributed by atoms with Gasteiger partial charge in [0.15, 0.2) is 18.2 Å². The zero-order valence-corrected chi connectivity index (χ0v) is 15.6. The quantitative estimate of drug-likeness (QED) is 0.549. The maximum atomic E-state index is 13.1. The van der Waals surface area contributed by atoms with Crippen molar-refractivity contribution in [3.63, 3.8) is 0 Å². The fraction of sp³-hybridized carbons (Fsp3) is 0.176. The van der Waals surface area contributed by atoms with Crippen LogP contribution in [0.3, 0.4) is 0 Å². The number of hydrogen-bond donors (Lipinski definition) is 1. The number of halogens is 2. The van der Waals surface area contributed by atoms with E-state index in [-0.39, 0.29) is 16.1 Å². The Bertz CT molecular complexity index is 997. The third-order valence-corrected chi connectivity index (χ3v) is 5.18. The number of nitrogens with zero attached hydrogens (tertiary/aromatic N) is 1. The molecule has 0 saturated heterocycles. The summed E-state index contributed by atoms with van der Waals surface area (Å²) in [4.78, 5) is 28.3. The van der Waals surface area contributed by atoms with Gasteiger partial charge < -0.3 is 10.1 Å². The lowest BCUT2D eigenvalue weighted by Crippen LogP contribution is -2.26. The first-order valence-electron chi connectivity index (χ1n) is 7.70. The number of carbonyl (C=O) groups is 2. The summed E-state index contributed by atoms with van der Waals surface area (Å²) in [5.74, 6) is -3.95. The van der Waals surface area contributed by atoms with Crippen molar-refractivity contribution in [2.24, 2.45) is 0 Å². The van der Waals surface area contributed by atoms with E-state index in [1.54, 1.807) is 0 Å². The molecule has 8 nitrogen and oxygen atoms in total. The molecular weight excluding hydrogens is 398 g/mol. The monoisotopic (exact) mass is 414 g/mol. The second-order valence-electron chi connectivity index (χ2n) is 5.38. The van der Waals surface area contributed by atoms with Gasteiger partial charge in [0.2, 0.25) is 0 Å².